The molecule has 0 aromatic carbocycles. The highest BCUT2D eigenvalue weighted by atomic mass is 35.5. The quantitative estimate of drug-likeness (QED) is 0.502. The molecule has 31 heavy (non-hydrogen) atoms. The summed E-state index contributed by atoms with van der Waals surface area (Å²) in [5, 5.41) is 9.97. The Labute approximate surface area is 181 Å². The zero-order chi connectivity index (χ0) is 22.7. The van der Waals surface area contributed by atoms with Crippen molar-refractivity contribution >= 4 is 28.8 Å². The van der Waals surface area contributed by atoms with E-state index in [4.69, 9.17) is 16.1 Å². The Balaban J connectivity index is 1.67. The van der Waals surface area contributed by atoms with Gasteiger partial charge in [0, 0.05) is 24.7 Å². The summed E-state index contributed by atoms with van der Waals surface area (Å²) in [5.41, 5.74) is -1.56. The van der Waals surface area contributed by atoms with Gasteiger partial charge in [-0.3, -0.25) is 9.48 Å². The summed E-state index contributed by atoms with van der Waals surface area (Å²) < 4.78 is 72.3. The van der Waals surface area contributed by atoms with Gasteiger partial charge in [0.2, 0.25) is 0 Å². The molecule has 1 fully saturated rings. The molecule has 0 saturated heterocycles. The normalized spacial score (nSPS) is 14.8. The Hall–Kier alpha value is -2.47. The smallest absolute Gasteiger partial charge is 0.355 e. The Bertz CT molecular complexity index is 1160. The molecule has 0 spiro atoms. The molecule has 0 aliphatic heterocycles. The van der Waals surface area contributed by atoms with Gasteiger partial charge in [-0.1, -0.05) is 16.8 Å². The zero-order valence-corrected chi connectivity index (χ0v) is 17.6. The van der Waals surface area contributed by atoms with Crippen molar-refractivity contribution in [2.24, 2.45) is 7.05 Å². The molecule has 166 valence electrons. The van der Waals surface area contributed by atoms with E-state index in [1.54, 1.807) is 0 Å². The molecule has 0 bridgehead atoms. The van der Waals surface area contributed by atoms with E-state index < -0.39 is 17.8 Å². The number of hydrogen-bond acceptors (Lipinski definition) is 5. The van der Waals surface area contributed by atoms with Crippen molar-refractivity contribution in [2.45, 2.75) is 37.9 Å². The van der Waals surface area contributed by atoms with Crippen LogP contribution in [0.25, 0.3) is 22.0 Å². The second-order valence-corrected chi connectivity index (χ2v) is 8.79. The highest BCUT2D eigenvalue weighted by Gasteiger charge is 2.61. The second-order valence-electron chi connectivity index (χ2n) is 7.14. The zero-order valence-electron chi connectivity index (χ0n) is 16.0. The number of aryl methyl sites for hydroxylation is 1. The van der Waals surface area contributed by atoms with Crippen LogP contribution in [0.1, 0.15) is 34.5 Å². The molecule has 3 heterocycles. The average molecular weight is 481 g/mol. The molecule has 1 aliphatic rings. The van der Waals surface area contributed by atoms with Crippen LogP contribution in [-0.4, -0.2) is 33.1 Å². The average Bonchev–Trinajstić information content (AvgIpc) is 3.07. The maximum atomic E-state index is 13.8. The predicted octanol–water partition coefficient (Wildman–Crippen LogP) is 5.31. The molecule has 0 atom stereocenters. The molecule has 6 nitrogen and oxygen atoms in total. The number of hydrogen-bond donors (Lipinski definition) is 1. The van der Waals surface area contributed by atoms with E-state index in [0.717, 1.165) is 35.8 Å². The number of thiophene rings is 1. The lowest BCUT2D eigenvalue weighted by atomic mass is 10.1. The lowest BCUT2D eigenvalue weighted by Crippen LogP contribution is -2.34. The highest BCUT2D eigenvalue weighted by Crippen LogP contribution is 2.46. The van der Waals surface area contributed by atoms with Gasteiger partial charge in [-0.15, -0.1) is 11.3 Å². The summed E-state index contributed by atoms with van der Waals surface area (Å²) in [5.74, 6) is -5.27. The van der Waals surface area contributed by atoms with Crippen molar-refractivity contribution in [2.75, 3.05) is 0 Å². The Morgan fingerprint density at radius 2 is 1.97 bits per heavy atom. The van der Waals surface area contributed by atoms with Crippen LogP contribution in [-0.2, 0) is 13.0 Å². The summed E-state index contributed by atoms with van der Waals surface area (Å²) >= 11 is 7.21. The number of alkyl halides is 5. The fourth-order valence-electron chi connectivity index (χ4n) is 3.06. The van der Waals surface area contributed by atoms with E-state index in [2.05, 4.69) is 15.6 Å². The van der Waals surface area contributed by atoms with Crippen molar-refractivity contribution in [3.8, 4) is 22.0 Å². The standard InChI is InChI=1S/C18H14ClF5N4O2S/c1-7-13(28(2)26-14(7)17(20,21)18(22,23)24)10-6-11(30-27-10)12-5-9(15(19)31-12)16(29)25-8-3-4-8/h5-6,8H,3-4H2,1-2H3,(H,25,29). The van der Waals surface area contributed by atoms with E-state index in [0.29, 0.717) is 4.88 Å². The molecule has 1 aliphatic carbocycles. The summed E-state index contributed by atoms with van der Waals surface area (Å²) in [4.78, 5) is 12.7. The highest BCUT2D eigenvalue weighted by molar-refractivity contribution is 7.19. The fraction of sp³-hybridized carbons (Fsp3) is 0.389. The lowest BCUT2D eigenvalue weighted by Gasteiger charge is -2.17. The number of halogens is 6. The third-order valence-electron chi connectivity index (χ3n) is 4.78. The summed E-state index contributed by atoms with van der Waals surface area (Å²) in [6.45, 7) is 1.11. The van der Waals surface area contributed by atoms with Gasteiger partial charge in [-0.05, 0) is 25.8 Å². The summed E-state index contributed by atoms with van der Waals surface area (Å²) in [6.07, 6.45) is -3.97. The first-order valence-electron chi connectivity index (χ1n) is 8.96. The van der Waals surface area contributed by atoms with Crippen molar-refractivity contribution in [1.82, 2.24) is 20.3 Å². The SMILES string of the molecule is Cc1c(C(F)(F)C(F)(F)F)nn(C)c1-c1cc(-c2cc(C(=O)NC3CC3)c(Cl)s2)on1. The predicted molar refractivity (Wildman–Crippen MR) is 102 cm³/mol. The molecule has 0 unspecified atom stereocenters. The number of carbonyl (C=O) groups excluding carboxylic acids is 1. The van der Waals surface area contributed by atoms with Crippen LogP contribution in [0.5, 0.6) is 0 Å². The minimum Gasteiger partial charge on any atom is -0.355 e. The van der Waals surface area contributed by atoms with Crippen LogP contribution in [0.15, 0.2) is 16.7 Å². The van der Waals surface area contributed by atoms with E-state index >= 15 is 0 Å². The fourth-order valence-corrected chi connectivity index (χ4v) is 4.28. The minimum absolute atomic E-state index is 0.0141. The third-order valence-corrected chi connectivity index (χ3v) is 6.15. The van der Waals surface area contributed by atoms with Crippen LogP contribution in [0.3, 0.4) is 0 Å². The number of rotatable bonds is 5. The molecule has 0 radical (unpaired) electrons. The lowest BCUT2D eigenvalue weighted by molar-refractivity contribution is -0.291. The van der Waals surface area contributed by atoms with Gasteiger partial charge in [-0.25, -0.2) is 0 Å². The van der Waals surface area contributed by atoms with Crippen LogP contribution in [0.2, 0.25) is 4.34 Å². The number of aromatic nitrogens is 3. The maximum absolute atomic E-state index is 13.8. The molecule has 1 saturated carbocycles. The van der Waals surface area contributed by atoms with Gasteiger partial charge in [0.05, 0.1) is 16.1 Å². The Kier molecular flexibility index (Phi) is 5.12. The van der Waals surface area contributed by atoms with Crippen molar-refractivity contribution in [3.05, 3.63) is 33.3 Å². The van der Waals surface area contributed by atoms with E-state index in [1.807, 2.05) is 0 Å². The second kappa shape index (κ2) is 7.30. The first-order valence-corrected chi connectivity index (χ1v) is 10.2. The third kappa shape index (κ3) is 3.82. The molecule has 3 aromatic rings. The molecule has 4 rings (SSSR count). The number of nitrogens with zero attached hydrogens (tertiary/aromatic N) is 3. The largest absolute Gasteiger partial charge is 0.459 e. The number of amides is 1. The van der Waals surface area contributed by atoms with Crippen LogP contribution < -0.4 is 5.32 Å². The molecule has 3 aromatic heterocycles. The van der Waals surface area contributed by atoms with Crippen molar-refractivity contribution in [3.63, 3.8) is 0 Å². The number of nitrogens with one attached hydrogen (secondary N) is 1. The first-order chi connectivity index (χ1) is 14.4. The van der Waals surface area contributed by atoms with Gasteiger partial charge in [0.25, 0.3) is 5.91 Å². The molecule has 13 heteroatoms. The molecular weight excluding hydrogens is 467 g/mol. The van der Waals surface area contributed by atoms with Gasteiger partial charge >= 0.3 is 12.1 Å². The molecule has 1 amide bonds. The minimum atomic E-state index is -5.79. The van der Waals surface area contributed by atoms with Gasteiger partial charge in [0.15, 0.2) is 5.76 Å². The van der Waals surface area contributed by atoms with Crippen LogP contribution in [0, 0.1) is 6.92 Å². The number of carbonyl (C=O) groups is 1. The van der Waals surface area contributed by atoms with Crippen molar-refractivity contribution < 1.29 is 31.3 Å². The van der Waals surface area contributed by atoms with Gasteiger partial charge in [-0.2, -0.15) is 27.1 Å². The summed E-state index contributed by atoms with van der Waals surface area (Å²) in [7, 11) is 1.23. The van der Waals surface area contributed by atoms with Crippen LogP contribution in [0.4, 0.5) is 22.0 Å². The topological polar surface area (TPSA) is 73.0 Å². The first kappa shape index (κ1) is 21.8. The maximum Gasteiger partial charge on any atom is 0.459 e. The Morgan fingerprint density at radius 1 is 1.29 bits per heavy atom. The van der Waals surface area contributed by atoms with E-state index in [9.17, 15) is 26.7 Å². The molecular formula is C18H14ClF5N4O2S. The van der Waals surface area contributed by atoms with Crippen molar-refractivity contribution in [1.29, 1.82) is 0 Å². The van der Waals surface area contributed by atoms with E-state index in [1.165, 1.54) is 19.2 Å². The van der Waals surface area contributed by atoms with E-state index in [-0.39, 0.29) is 44.6 Å². The summed E-state index contributed by atoms with van der Waals surface area (Å²) in [6, 6.07) is 3.01. The monoisotopic (exact) mass is 480 g/mol. The van der Waals surface area contributed by atoms with Gasteiger partial charge in [0.1, 0.15) is 15.7 Å². The Morgan fingerprint density at radius 3 is 2.58 bits per heavy atom. The van der Waals surface area contributed by atoms with Gasteiger partial charge < -0.3 is 9.84 Å². The molecule has 1 N–H and O–H groups in total. The van der Waals surface area contributed by atoms with Crippen LogP contribution >= 0.6 is 22.9 Å².